The lowest BCUT2D eigenvalue weighted by atomic mass is 10.1. The Hall–Kier alpha value is -2.83. The molecule has 1 heterocycles. The minimum absolute atomic E-state index is 0.108. The molecule has 0 fully saturated rings. The number of nitrogens with one attached hydrogen (secondary N) is 1. The van der Waals surface area contributed by atoms with E-state index in [2.05, 4.69) is 5.32 Å². The summed E-state index contributed by atoms with van der Waals surface area (Å²) in [5.41, 5.74) is 0.776. The van der Waals surface area contributed by atoms with Gasteiger partial charge < -0.3 is 19.6 Å². The van der Waals surface area contributed by atoms with Crippen molar-refractivity contribution in [1.82, 2.24) is 5.32 Å². The van der Waals surface area contributed by atoms with Crippen LogP contribution in [-0.2, 0) is 11.2 Å². The third-order valence-electron chi connectivity index (χ3n) is 3.27. The third-order valence-corrected chi connectivity index (χ3v) is 3.27. The fourth-order valence-corrected chi connectivity index (χ4v) is 2.21. The molecule has 0 radical (unpaired) electrons. The van der Waals surface area contributed by atoms with Crippen molar-refractivity contribution in [1.29, 1.82) is 0 Å². The van der Waals surface area contributed by atoms with E-state index in [-0.39, 0.29) is 24.3 Å². The molecule has 2 rings (SSSR count). The summed E-state index contributed by atoms with van der Waals surface area (Å²) in [5, 5.41) is 11.5. The number of rotatable bonds is 7. The number of carbonyl (C=O) groups is 2. The first-order chi connectivity index (χ1) is 11.4. The Balaban J connectivity index is 1.95. The van der Waals surface area contributed by atoms with Crippen LogP contribution in [0.1, 0.15) is 28.6 Å². The topological polar surface area (TPSA) is 88.8 Å². The van der Waals surface area contributed by atoms with Gasteiger partial charge in [0.25, 0.3) is 5.91 Å². The quantitative estimate of drug-likeness (QED) is 0.812. The van der Waals surface area contributed by atoms with E-state index in [0.717, 1.165) is 0 Å². The maximum atomic E-state index is 13.1. The van der Waals surface area contributed by atoms with E-state index in [1.165, 1.54) is 24.5 Å². The van der Waals surface area contributed by atoms with Gasteiger partial charge in [0.2, 0.25) is 0 Å². The standard InChI is InChI=1S/C17H18FNO5/c1-10-9-23-14(7-15(20)21)16(10)17(22)19-8-11(2)24-13-5-3-4-12(18)6-13/h3-6,9,11H,7-8H2,1-2H3,(H,19,22)(H,20,21). The van der Waals surface area contributed by atoms with E-state index < -0.39 is 23.8 Å². The third kappa shape index (κ3) is 4.58. The average Bonchev–Trinajstić information content (AvgIpc) is 2.85. The van der Waals surface area contributed by atoms with Gasteiger partial charge in [0.15, 0.2) is 0 Å². The Morgan fingerprint density at radius 3 is 2.83 bits per heavy atom. The van der Waals surface area contributed by atoms with Crippen molar-refractivity contribution in [2.75, 3.05) is 6.54 Å². The van der Waals surface area contributed by atoms with Crippen LogP contribution in [0.2, 0.25) is 0 Å². The molecule has 0 bridgehead atoms. The minimum atomic E-state index is -1.08. The van der Waals surface area contributed by atoms with Gasteiger partial charge in [0, 0.05) is 11.6 Å². The average molecular weight is 335 g/mol. The Morgan fingerprint density at radius 1 is 1.42 bits per heavy atom. The first kappa shape index (κ1) is 17.5. The SMILES string of the molecule is Cc1coc(CC(=O)O)c1C(=O)NCC(C)Oc1cccc(F)c1. The second-order valence-corrected chi connectivity index (χ2v) is 5.38. The highest BCUT2D eigenvalue weighted by Crippen LogP contribution is 2.18. The molecule has 1 aromatic heterocycles. The Morgan fingerprint density at radius 2 is 2.17 bits per heavy atom. The van der Waals surface area contributed by atoms with Crippen LogP contribution in [0, 0.1) is 12.7 Å². The second-order valence-electron chi connectivity index (χ2n) is 5.38. The molecule has 1 aromatic carbocycles. The Kier molecular flexibility index (Phi) is 5.57. The van der Waals surface area contributed by atoms with Gasteiger partial charge in [0.05, 0.1) is 18.4 Å². The Bertz CT molecular complexity index is 740. The van der Waals surface area contributed by atoms with Crippen LogP contribution >= 0.6 is 0 Å². The van der Waals surface area contributed by atoms with Gasteiger partial charge >= 0.3 is 5.97 Å². The molecule has 0 aliphatic rings. The number of benzene rings is 1. The molecule has 7 heteroatoms. The molecule has 1 amide bonds. The van der Waals surface area contributed by atoms with Crippen molar-refractivity contribution in [3.63, 3.8) is 0 Å². The number of hydrogen-bond acceptors (Lipinski definition) is 4. The number of halogens is 1. The van der Waals surface area contributed by atoms with E-state index in [9.17, 15) is 14.0 Å². The second kappa shape index (κ2) is 7.63. The predicted molar refractivity (Wildman–Crippen MR) is 83.6 cm³/mol. The highest BCUT2D eigenvalue weighted by molar-refractivity contribution is 5.97. The molecule has 0 saturated heterocycles. The minimum Gasteiger partial charge on any atom is -0.489 e. The van der Waals surface area contributed by atoms with E-state index in [0.29, 0.717) is 11.3 Å². The lowest BCUT2D eigenvalue weighted by Gasteiger charge is -2.15. The number of furan rings is 1. The summed E-state index contributed by atoms with van der Waals surface area (Å²) < 4.78 is 23.7. The molecule has 0 spiro atoms. The molecule has 24 heavy (non-hydrogen) atoms. The van der Waals surface area contributed by atoms with Gasteiger partial charge in [-0.05, 0) is 26.0 Å². The fraction of sp³-hybridized carbons (Fsp3) is 0.294. The normalized spacial score (nSPS) is 11.8. The van der Waals surface area contributed by atoms with Gasteiger partial charge in [-0.25, -0.2) is 4.39 Å². The predicted octanol–water partition coefficient (Wildman–Crippen LogP) is 2.55. The van der Waals surface area contributed by atoms with Crippen molar-refractivity contribution in [2.24, 2.45) is 0 Å². The summed E-state index contributed by atoms with van der Waals surface area (Å²) >= 11 is 0. The lowest BCUT2D eigenvalue weighted by Crippen LogP contribution is -2.34. The number of carboxylic acids is 1. The molecular formula is C17H18FNO5. The summed E-state index contributed by atoms with van der Waals surface area (Å²) in [6.07, 6.45) is 0.581. The zero-order chi connectivity index (χ0) is 17.7. The van der Waals surface area contributed by atoms with E-state index in [1.54, 1.807) is 19.9 Å². The molecule has 1 unspecified atom stereocenters. The van der Waals surface area contributed by atoms with Crippen molar-refractivity contribution in [3.05, 3.63) is 53.2 Å². The summed E-state index contributed by atoms with van der Waals surface area (Å²) in [6, 6.07) is 5.71. The van der Waals surface area contributed by atoms with Gasteiger partial charge in [0.1, 0.15) is 29.9 Å². The van der Waals surface area contributed by atoms with Crippen LogP contribution in [-0.4, -0.2) is 29.6 Å². The maximum Gasteiger partial charge on any atom is 0.311 e. The molecule has 1 atom stereocenters. The van der Waals surface area contributed by atoms with Gasteiger partial charge in [-0.3, -0.25) is 9.59 Å². The van der Waals surface area contributed by atoms with Crippen LogP contribution in [0.15, 0.2) is 34.9 Å². The van der Waals surface area contributed by atoms with Gasteiger partial charge in [-0.15, -0.1) is 0 Å². The molecular weight excluding hydrogens is 317 g/mol. The van der Waals surface area contributed by atoms with Gasteiger partial charge in [-0.1, -0.05) is 6.07 Å². The van der Waals surface area contributed by atoms with Gasteiger partial charge in [-0.2, -0.15) is 0 Å². The number of aliphatic carboxylic acids is 1. The summed E-state index contributed by atoms with van der Waals surface area (Å²) in [7, 11) is 0. The van der Waals surface area contributed by atoms with Crippen molar-refractivity contribution < 1.29 is 28.2 Å². The summed E-state index contributed by atoms with van der Waals surface area (Å²) in [4.78, 5) is 23.1. The number of carbonyl (C=O) groups excluding carboxylic acids is 1. The van der Waals surface area contributed by atoms with Crippen molar-refractivity contribution in [3.8, 4) is 5.75 Å². The number of amides is 1. The summed E-state index contributed by atoms with van der Waals surface area (Å²) in [6.45, 7) is 3.56. The molecule has 128 valence electrons. The number of carboxylic acid groups (broad SMARTS) is 1. The van der Waals surface area contributed by atoms with Crippen LogP contribution < -0.4 is 10.1 Å². The highest BCUT2D eigenvalue weighted by atomic mass is 19.1. The molecule has 0 saturated carbocycles. The number of hydrogen-bond donors (Lipinski definition) is 2. The molecule has 6 nitrogen and oxygen atoms in total. The largest absolute Gasteiger partial charge is 0.489 e. The van der Waals surface area contributed by atoms with Crippen LogP contribution in [0.25, 0.3) is 0 Å². The van der Waals surface area contributed by atoms with Crippen LogP contribution in [0.3, 0.4) is 0 Å². The van der Waals surface area contributed by atoms with E-state index >= 15 is 0 Å². The van der Waals surface area contributed by atoms with E-state index in [1.807, 2.05) is 0 Å². The van der Waals surface area contributed by atoms with Crippen molar-refractivity contribution >= 4 is 11.9 Å². The zero-order valence-electron chi connectivity index (χ0n) is 13.3. The molecule has 0 aliphatic carbocycles. The molecule has 2 N–H and O–H groups in total. The number of ether oxygens (including phenoxy) is 1. The lowest BCUT2D eigenvalue weighted by molar-refractivity contribution is -0.136. The van der Waals surface area contributed by atoms with Crippen LogP contribution in [0.5, 0.6) is 5.75 Å². The smallest absolute Gasteiger partial charge is 0.311 e. The first-order valence-corrected chi connectivity index (χ1v) is 7.36. The Labute approximate surface area is 138 Å². The maximum absolute atomic E-state index is 13.1. The monoisotopic (exact) mass is 335 g/mol. The number of aryl methyl sites for hydroxylation is 1. The first-order valence-electron chi connectivity index (χ1n) is 7.36. The van der Waals surface area contributed by atoms with Crippen LogP contribution in [0.4, 0.5) is 4.39 Å². The highest BCUT2D eigenvalue weighted by Gasteiger charge is 2.21. The molecule has 2 aromatic rings. The van der Waals surface area contributed by atoms with Crippen molar-refractivity contribution in [2.45, 2.75) is 26.4 Å². The fourth-order valence-electron chi connectivity index (χ4n) is 2.21. The zero-order valence-corrected chi connectivity index (χ0v) is 13.3. The summed E-state index contributed by atoms with van der Waals surface area (Å²) in [5.74, 6) is -1.46. The van der Waals surface area contributed by atoms with E-state index in [4.69, 9.17) is 14.3 Å². The molecule has 0 aliphatic heterocycles.